The lowest BCUT2D eigenvalue weighted by molar-refractivity contribution is 0.0468. The van der Waals surface area contributed by atoms with Crippen molar-refractivity contribution in [3.8, 4) is 17.2 Å². The highest BCUT2D eigenvalue weighted by molar-refractivity contribution is 5.94. The maximum absolute atomic E-state index is 12.6. The van der Waals surface area contributed by atoms with Crippen LogP contribution in [0.25, 0.3) is 0 Å². The summed E-state index contributed by atoms with van der Waals surface area (Å²) < 4.78 is 22.2. The summed E-state index contributed by atoms with van der Waals surface area (Å²) in [6.07, 6.45) is 0. The molecule has 0 bridgehead atoms. The quantitative estimate of drug-likeness (QED) is 0.535. The first-order chi connectivity index (χ1) is 13.7. The third-order valence-corrected chi connectivity index (χ3v) is 4.15. The number of rotatable bonds is 8. The van der Waals surface area contributed by atoms with Crippen LogP contribution in [0.3, 0.4) is 0 Å². The average Bonchev–Trinajstić information content (AvgIpc) is 2.76. The van der Waals surface area contributed by atoms with E-state index in [4.69, 9.17) is 18.9 Å². The number of hydrogen-bond acceptors (Lipinski definition) is 5. The number of hydrogen-bond donors (Lipinski definition) is 0. The molecular weight excluding hydrogens is 356 g/mol. The van der Waals surface area contributed by atoms with Gasteiger partial charge in [0.05, 0.1) is 14.2 Å². The van der Waals surface area contributed by atoms with Gasteiger partial charge in [0.2, 0.25) is 5.75 Å². The second-order valence-corrected chi connectivity index (χ2v) is 6.01. The summed E-state index contributed by atoms with van der Waals surface area (Å²) in [5, 5.41) is 0. The van der Waals surface area contributed by atoms with Crippen molar-refractivity contribution in [2.75, 3.05) is 14.2 Å². The molecule has 0 aliphatic heterocycles. The summed E-state index contributed by atoms with van der Waals surface area (Å²) in [6, 6.07) is 22.6. The number of benzene rings is 3. The predicted molar refractivity (Wildman–Crippen MR) is 106 cm³/mol. The molecule has 0 aromatic heterocycles. The van der Waals surface area contributed by atoms with Gasteiger partial charge in [0, 0.05) is 0 Å². The molecule has 0 aliphatic carbocycles. The fourth-order valence-corrected chi connectivity index (χ4v) is 2.75. The van der Waals surface area contributed by atoms with E-state index < -0.39 is 5.97 Å². The minimum Gasteiger partial charge on any atom is -0.492 e. The Balaban J connectivity index is 1.77. The van der Waals surface area contributed by atoms with Crippen LogP contribution in [-0.2, 0) is 18.0 Å². The molecule has 0 atom stereocenters. The Morgan fingerprint density at radius 2 is 1.29 bits per heavy atom. The zero-order valence-corrected chi connectivity index (χ0v) is 15.9. The molecule has 0 amide bonds. The van der Waals surface area contributed by atoms with Crippen LogP contribution in [0.15, 0.2) is 72.8 Å². The van der Waals surface area contributed by atoms with Gasteiger partial charge in [0.25, 0.3) is 0 Å². The molecule has 0 N–H and O–H groups in total. The Labute approximate surface area is 164 Å². The molecule has 5 nitrogen and oxygen atoms in total. The van der Waals surface area contributed by atoms with Crippen LogP contribution in [-0.4, -0.2) is 20.2 Å². The van der Waals surface area contributed by atoms with E-state index in [2.05, 4.69) is 0 Å². The molecule has 28 heavy (non-hydrogen) atoms. The van der Waals surface area contributed by atoms with Crippen molar-refractivity contribution in [2.45, 2.75) is 13.2 Å². The lowest BCUT2D eigenvalue weighted by atomic mass is 10.1. The number of esters is 1. The van der Waals surface area contributed by atoms with Gasteiger partial charge >= 0.3 is 5.97 Å². The minimum atomic E-state index is -0.492. The molecule has 3 aromatic carbocycles. The highest BCUT2D eigenvalue weighted by atomic mass is 16.5. The Kier molecular flexibility index (Phi) is 6.52. The third kappa shape index (κ3) is 4.62. The highest BCUT2D eigenvalue weighted by Crippen LogP contribution is 2.40. The third-order valence-electron chi connectivity index (χ3n) is 4.15. The van der Waals surface area contributed by atoms with Gasteiger partial charge in [-0.05, 0) is 23.3 Å². The van der Waals surface area contributed by atoms with Crippen molar-refractivity contribution in [1.29, 1.82) is 0 Å². The summed E-state index contributed by atoms with van der Waals surface area (Å²) in [5.74, 6) is 0.634. The normalized spacial score (nSPS) is 10.2. The Morgan fingerprint density at radius 3 is 1.86 bits per heavy atom. The zero-order valence-electron chi connectivity index (χ0n) is 15.9. The van der Waals surface area contributed by atoms with Crippen LogP contribution in [0.4, 0.5) is 0 Å². The van der Waals surface area contributed by atoms with Gasteiger partial charge in [-0.1, -0.05) is 60.7 Å². The Bertz CT molecular complexity index is 907. The van der Waals surface area contributed by atoms with E-state index in [0.717, 1.165) is 11.1 Å². The SMILES string of the molecule is COc1c(OCc2ccccc2)ccc(C(=O)OCc2ccccc2)c1OC. The summed E-state index contributed by atoms with van der Waals surface area (Å²) in [5.41, 5.74) is 2.21. The molecule has 3 rings (SSSR count). The summed E-state index contributed by atoms with van der Waals surface area (Å²) in [6.45, 7) is 0.551. The van der Waals surface area contributed by atoms with Gasteiger partial charge in [-0.3, -0.25) is 0 Å². The van der Waals surface area contributed by atoms with Crippen molar-refractivity contribution in [3.05, 3.63) is 89.5 Å². The fourth-order valence-electron chi connectivity index (χ4n) is 2.75. The largest absolute Gasteiger partial charge is 0.492 e. The second-order valence-electron chi connectivity index (χ2n) is 6.01. The second kappa shape index (κ2) is 9.46. The van der Waals surface area contributed by atoms with E-state index >= 15 is 0 Å². The molecule has 0 aliphatic rings. The zero-order chi connectivity index (χ0) is 19.8. The predicted octanol–water partition coefficient (Wildman–Crippen LogP) is 4.64. The number of methoxy groups -OCH3 is 2. The van der Waals surface area contributed by atoms with Crippen LogP contribution in [0.1, 0.15) is 21.5 Å². The van der Waals surface area contributed by atoms with Gasteiger partial charge in [0.15, 0.2) is 11.5 Å². The molecule has 0 radical (unpaired) electrons. The maximum atomic E-state index is 12.6. The van der Waals surface area contributed by atoms with Crippen molar-refractivity contribution < 1.29 is 23.7 Å². The van der Waals surface area contributed by atoms with Gasteiger partial charge in [-0.15, -0.1) is 0 Å². The van der Waals surface area contributed by atoms with Gasteiger partial charge in [-0.2, -0.15) is 0 Å². The first-order valence-corrected chi connectivity index (χ1v) is 8.85. The van der Waals surface area contributed by atoms with Gasteiger partial charge in [-0.25, -0.2) is 4.79 Å². The maximum Gasteiger partial charge on any atom is 0.342 e. The van der Waals surface area contributed by atoms with Gasteiger partial charge in [0.1, 0.15) is 18.8 Å². The molecule has 0 fully saturated rings. The van der Waals surface area contributed by atoms with E-state index in [0.29, 0.717) is 18.1 Å². The first-order valence-electron chi connectivity index (χ1n) is 8.85. The van der Waals surface area contributed by atoms with E-state index in [9.17, 15) is 4.79 Å². The van der Waals surface area contributed by atoms with E-state index in [1.54, 1.807) is 12.1 Å². The van der Waals surface area contributed by atoms with Crippen LogP contribution in [0.2, 0.25) is 0 Å². The smallest absolute Gasteiger partial charge is 0.342 e. The topological polar surface area (TPSA) is 54.0 Å². The number of carbonyl (C=O) groups excluding carboxylic acids is 1. The van der Waals surface area contributed by atoms with Crippen molar-refractivity contribution in [3.63, 3.8) is 0 Å². The molecule has 0 saturated heterocycles. The molecule has 0 heterocycles. The number of carbonyl (C=O) groups is 1. The molecular formula is C23H22O5. The average molecular weight is 378 g/mol. The molecule has 3 aromatic rings. The van der Waals surface area contributed by atoms with E-state index in [-0.39, 0.29) is 17.9 Å². The molecule has 5 heteroatoms. The Morgan fingerprint density at radius 1 is 0.714 bits per heavy atom. The van der Waals surface area contributed by atoms with Crippen molar-refractivity contribution in [1.82, 2.24) is 0 Å². The summed E-state index contributed by atoms with van der Waals surface area (Å²) in [4.78, 5) is 12.6. The van der Waals surface area contributed by atoms with Gasteiger partial charge < -0.3 is 18.9 Å². The highest BCUT2D eigenvalue weighted by Gasteiger charge is 2.22. The monoisotopic (exact) mass is 378 g/mol. The minimum absolute atomic E-state index is 0.178. The molecule has 0 unspecified atom stereocenters. The van der Waals surface area contributed by atoms with Crippen molar-refractivity contribution >= 4 is 5.97 Å². The van der Waals surface area contributed by atoms with Crippen LogP contribution in [0, 0.1) is 0 Å². The van der Waals surface area contributed by atoms with Crippen LogP contribution in [0.5, 0.6) is 17.2 Å². The Hall–Kier alpha value is -3.47. The fraction of sp³-hybridized carbons (Fsp3) is 0.174. The standard InChI is InChI=1S/C23H22O5/c1-25-21-19(23(24)28-16-18-11-7-4-8-12-18)13-14-20(22(21)26-2)27-15-17-9-5-3-6-10-17/h3-14H,15-16H2,1-2H3. The summed E-state index contributed by atoms with van der Waals surface area (Å²) in [7, 11) is 2.99. The lowest BCUT2D eigenvalue weighted by Gasteiger charge is -2.16. The molecule has 0 spiro atoms. The molecule has 144 valence electrons. The molecule has 0 saturated carbocycles. The first kappa shape index (κ1) is 19.3. The lowest BCUT2D eigenvalue weighted by Crippen LogP contribution is -2.09. The van der Waals surface area contributed by atoms with E-state index in [1.165, 1.54) is 14.2 Å². The van der Waals surface area contributed by atoms with E-state index in [1.807, 2.05) is 60.7 Å². The van der Waals surface area contributed by atoms with Crippen molar-refractivity contribution in [2.24, 2.45) is 0 Å². The summed E-state index contributed by atoms with van der Waals surface area (Å²) >= 11 is 0. The van der Waals surface area contributed by atoms with Crippen LogP contribution < -0.4 is 14.2 Å². The number of ether oxygens (including phenoxy) is 4. The van der Waals surface area contributed by atoms with Crippen LogP contribution >= 0.6 is 0 Å².